The second-order valence-corrected chi connectivity index (χ2v) is 3.85. The van der Waals surface area contributed by atoms with Crippen LogP contribution in [0.2, 0.25) is 0 Å². The van der Waals surface area contributed by atoms with Crippen LogP contribution in [0.1, 0.15) is 0 Å². The van der Waals surface area contributed by atoms with Gasteiger partial charge in [0.1, 0.15) is 5.82 Å². The molecule has 60 valence electrons. The minimum atomic E-state index is 0.574. The van der Waals surface area contributed by atoms with Crippen LogP contribution in [0.3, 0.4) is 0 Å². The summed E-state index contributed by atoms with van der Waals surface area (Å²) >= 11 is 2.28. The van der Waals surface area contributed by atoms with E-state index in [-0.39, 0.29) is 0 Å². The molecule has 0 radical (unpaired) electrons. The van der Waals surface area contributed by atoms with Gasteiger partial charge in [0.2, 0.25) is 0 Å². The molecule has 0 saturated carbocycles. The number of rotatable bonds is 0. The first-order valence-electron chi connectivity index (χ1n) is 3.56. The van der Waals surface area contributed by atoms with Crippen molar-refractivity contribution in [1.29, 1.82) is 0 Å². The number of nitrogens with zero attached hydrogens (tertiary/aromatic N) is 1. The summed E-state index contributed by atoms with van der Waals surface area (Å²) in [5.41, 5.74) is 5.56. The maximum absolute atomic E-state index is 5.56. The smallest absolute Gasteiger partial charge is 0.123 e. The van der Waals surface area contributed by atoms with Gasteiger partial charge in [0, 0.05) is 15.2 Å². The van der Waals surface area contributed by atoms with Crippen LogP contribution in [-0.2, 0) is 0 Å². The van der Waals surface area contributed by atoms with Gasteiger partial charge in [-0.1, -0.05) is 6.07 Å². The van der Waals surface area contributed by atoms with Crippen molar-refractivity contribution in [3.8, 4) is 0 Å². The maximum atomic E-state index is 5.56. The Morgan fingerprint density at radius 2 is 2.00 bits per heavy atom. The van der Waals surface area contributed by atoms with Gasteiger partial charge in [0.05, 0.1) is 0 Å². The molecule has 2 N–H and O–H groups in total. The molecule has 0 aliphatic carbocycles. The predicted octanol–water partition coefficient (Wildman–Crippen LogP) is 2.42. The van der Waals surface area contributed by atoms with Gasteiger partial charge in [-0.25, -0.2) is 4.98 Å². The average Bonchev–Trinajstić information content (AvgIpc) is 2.03. The topological polar surface area (TPSA) is 38.9 Å². The maximum Gasteiger partial charge on any atom is 0.123 e. The number of hydrogen-bond donors (Lipinski definition) is 1. The van der Waals surface area contributed by atoms with Crippen molar-refractivity contribution in [2.45, 2.75) is 0 Å². The standard InChI is InChI=1S/C9H7IN2/c10-8-2-1-6-5-12-9(11)4-7(6)3-8/h1-5H,(H2,11,12). The van der Waals surface area contributed by atoms with E-state index in [0.29, 0.717) is 5.82 Å². The number of pyridine rings is 1. The molecule has 0 aliphatic heterocycles. The van der Waals surface area contributed by atoms with E-state index in [1.807, 2.05) is 12.1 Å². The van der Waals surface area contributed by atoms with Gasteiger partial charge >= 0.3 is 0 Å². The van der Waals surface area contributed by atoms with Crippen molar-refractivity contribution in [2.24, 2.45) is 0 Å². The van der Waals surface area contributed by atoms with E-state index < -0.39 is 0 Å². The molecular weight excluding hydrogens is 263 g/mol. The lowest BCUT2D eigenvalue weighted by Gasteiger charge is -1.98. The van der Waals surface area contributed by atoms with Crippen molar-refractivity contribution < 1.29 is 0 Å². The third kappa shape index (κ3) is 1.36. The summed E-state index contributed by atoms with van der Waals surface area (Å²) in [6.45, 7) is 0. The van der Waals surface area contributed by atoms with Crippen LogP contribution in [0.4, 0.5) is 5.82 Å². The highest BCUT2D eigenvalue weighted by atomic mass is 127. The molecule has 2 aromatic rings. The van der Waals surface area contributed by atoms with Crippen molar-refractivity contribution in [1.82, 2.24) is 4.98 Å². The van der Waals surface area contributed by atoms with E-state index >= 15 is 0 Å². The van der Waals surface area contributed by atoms with Crippen LogP contribution < -0.4 is 5.73 Å². The van der Waals surface area contributed by atoms with Gasteiger partial charge in [-0.2, -0.15) is 0 Å². The van der Waals surface area contributed by atoms with Crippen molar-refractivity contribution in [3.63, 3.8) is 0 Å². The summed E-state index contributed by atoms with van der Waals surface area (Å²) in [6.07, 6.45) is 1.79. The van der Waals surface area contributed by atoms with Crippen LogP contribution >= 0.6 is 22.6 Å². The molecule has 0 bridgehead atoms. The Morgan fingerprint density at radius 1 is 1.17 bits per heavy atom. The van der Waals surface area contributed by atoms with Crippen LogP contribution in [0, 0.1) is 3.57 Å². The van der Waals surface area contributed by atoms with Gasteiger partial charge in [-0.15, -0.1) is 0 Å². The molecule has 3 heteroatoms. The first-order chi connectivity index (χ1) is 5.75. The van der Waals surface area contributed by atoms with Gasteiger partial charge < -0.3 is 5.73 Å². The molecule has 0 atom stereocenters. The minimum Gasteiger partial charge on any atom is -0.384 e. The number of benzene rings is 1. The monoisotopic (exact) mass is 270 g/mol. The summed E-state index contributed by atoms with van der Waals surface area (Å²) in [4.78, 5) is 4.01. The van der Waals surface area contributed by atoms with E-state index in [0.717, 1.165) is 10.8 Å². The van der Waals surface area contributed by atoms with Gasteiger partial charge in [-0.3, -0.25) is 0 Å². The number of nitrogen functional groups attached to an aromatic ring is 1. The van der Waals surface area contributed by atoms with E-state index in [2.05, 4.69) is 39.7 Å². The molecule has 1 aromatic carbocycles. The fourth-order valence-corrected chi connectivity index (χ4v) is 1.64. The molecule has 0 unspecified atom stereocenters. The first kappa shape index (κ1) is 7.79. The summed E-state index contributed by atoms with van der Waals surface area (Å²) in [6, 6.07) is 8.08. The van der Waals surface area contributed by atoms with Crippen LogP contribution in [0.25, 0.3) is 10.8 Å². The molecule has 0 amide bonds. The quantitative estimate of drug-likeness (QED) is 0.747. The van der Waals surface area contributed by atoms with E-state index in [9.17, 15) is 0 Å². The molecule has 0 aliphatic rings. The minimum absolute atomic E-state index is 0.574. The van der Waals surface area contributed by atoms with E-state index in [1.165, 1.54) is 3.57 Å². The Hall–Kier alpha value is -0.840. The van der Waals surface area contributed by atoms with Gasteiger partial charge in [0.25, 0.3) is 0 Å². The summed E-state index contributed by atoms with van der Waals surface area (Å²) in [5.74, 6) is 0.574. The van der Waals surface area contributed by atoms with Crippen molar-refractivity contribution in [2.75, 3.05) is 5.73 Å². The summed E-state index contributed by atoms with van der Waals surface area (Å²) in [5, 5.41) is 2.28. The number of fused-ring (bicyclic) bond motifs is 1. The SMILES string of the molecule is Nc1cc2cc(I)ccc2cn1. The number of nitrogens with two attached hydrogens (primary N) is 1. The van der Waals surface area contributed by atoms with Crippen molar-refractivity contribution >= 4 is 39.2 Å². The fraction of sp³-hybridized carbons (Fsp3) is 0. The Kier molecular flexibility index (Phi) is 1.88. The summed E-state index contributed by atoms with van der Waals surface area (Å²) in [7, 11) is 0. The fourth-order valence-electron chi connectivity index (χ4n) is 1.13. The molecular formula is C9H7IN2. The zero-order chi connectivity index (χ0) is 8.55. The highest BCUT2D eigenvalue weighted by molar-refractivity contribution is 14.1. The Morgan fingerprint density at radius 3 is 2.83 bits per heavy atom. The normalized spacial score (nSPS) is 10.4. The lowest BCUT2D eigenvalue weighted by atomic mass is 10.2. The molecule has 2 rings (SSSR count). The Labute approximate surface area is 83.9 Å². The first-order valence-corrected chi connectivity index (χ1v) is 4.64. The molecule has 0 fully saturated rings. The highest BCUT2D eigenvalue weighted by Gasteiger charge is 1.94. The number of halogens is 1. The molecule has 12 heavy (non-hydrogen) atoms. The lowest BCUT2D eigenvalue weighted by Crippen LogP contribution is -1.88. The number of anilines is 1. The van der Waals surface area contributed by atoms with Crippen molar-refractivity contribution in [3.05, 3.63) is 34.0 Å². The van der Waals surface area contributed by atoms with Gasteiger partial charge in [0.15, 0.2) is 0 Å². The molecule has 0 spiro atoms. The molecule has 1 aromatic heterocycles. The number of aromatic nitrogens is 1. The third-order valence-electron chi connectivity index (χ3n) is 1.70. The van der Waals surface area contributed by atoms with E-state index in [1.54, 1.807) is 6.20 Å². The van der Waals surface area contributed by atoms with E-state index in [4.69, 9.17) is 5.73 Å². The Bertz CT molecular complexity index is 389. The van der Waals surface area contributed by atoms with Gasteiger partial charge in [-0.05, 0) is 46.2 Å². The largest absolute Gasteiger partial charge is 0.384 e. The second-order valence-electron chi connectivity index (χ2n) is 2.60. The third-order valence-corrected chi connectivity index (χ3v) is 2.38. The average molecular weight is 270 g/mol. The number of hydrogen-bond acceptors (Lipinski definition) is 2. The highest BCUT2D eigenvalue weighted by Crippen LogP contribution is 2.17. The van der Waals surface area contributed by atoms with Crippen LogP contribution in [0.15, 0.2) is 30.5 Å². The van der Waals surface area contributed by atoms with Crippen LogP contribution in [-0.4, -0.2) is 4.98 Å². The second kappa shape index (κ2) is 2.90. The van der Waals surface area contributed by atoms with Crippen LogP contribution in [0.5, 0.6) is 0 Å². The predicted molar refractivity (Wildman–Crippen MR) is 58.9 cm³/mol. The lowest BCUT2D eigenvalue weighted by molar-refractivity contribution is 1.37. The Balaban J connectivity index is 2.80. The zero-order valence-electron chi connectivity index (χ0n) is 6.29. The zero-order valence-corrected chi connectivity index (χ0v) is 8.45. The summed E-state index contributed by atoms with van der Waals surface area (Å²) < 4.78 is 1.21. The molecule has 2 nitrogen and oxygen atoms in total. The molecule has 1 heterocycles. The molecule has 0 saturated heterocycles.